The number of nitrogens with zero attached hydrogens (tertiary/aromatic N) is 1. The van der Waals surface area contributed by atoms with E-state index in [9.17, 15) is 4.79 Å². The largest absolute Gasteiger partial charge is 0.300 e. The Bertz CT molecular complexity index is 866. The highest BCUT2D eigenvalue weighted by atomic mass is 32.2. The molecule has 4 heteroatoms. The third-order valence-electron chi connectivity index (χ3n) is 3.80. The van der Waals surface area contributed by atoms with Gasteiger partial charge in [-0.25, -0.2) is 4.99 Å². The van der Waals surface area contributed by atoms with Crippen molar-refractivity contribution < 1.29 is 4.79 Å². The molecule has 0 aromatic heterocycles. The SMILES string of the molecule is CCc1ccccc1N=C1NC(=O)C(=CC(C)=Cc2ccccc2)S1. The van der Waals surface area contributed by atoms with E-state index in [0.29, 0.717) is 10.1 Å². The summed E-state index contributed by atoms with van der Waals surface area (Å²) in [5.74, 6) is -0.0986. The van der Waals surface area contributed by atoms with Gasteiger partial charge in [-0.2, -0.15) is 0 Å². The van der Waals surface area contributed by atoms with Crippen LogP contribution in [0.15, 0.2) is 76.1 Å². The number of amidine groups is 1. The van der Waals surface area contributed by atoms with E-state index in [2.05, 4.69) is 29.4 Å². The molecule has 1 N–H and O–H groups in total. The minimum Gasteiger partial charge on any atom is -0.300 e. The van der Waals surface area contributed by atoms with Crippen LogP contribution in [0.3, 0.4) is 0 Å². The molecule has 1 saturated heterocycles. The first-order chi connectivity index (χ1) is 12.2. The van der Waals surface area contributed by atoms with Crippen molar-refractivity contribution in [3.05, 3.63) is 82.3 Å². The number of hydrogen-bond acceptors (Lipinski definition) is 3. The number of amides is 1. The lowest BCUT2D eigenvalue weighted by atomic mass is 10.1. The van der Waals surface area contributed by atoms with E-state index in [1.54, 1.807) is 0 Å². The molecule has 0 bridgehead atoms. The highest BCUT2D eigenvalue weighted by molar-refractivity contribution is 8.18. The summed E-state index contributed by atoms with van der Waals surface area (Å²) in [5, 5.41) is 3.48. The molecule has 2 aromatic carbocycles. The number of allylic oxidation sites excluding steroid dienone is 2. The van der Waals surface area contributed by atoms with Gasteiger partial charge in [-0.15, -0.1) is 0 Å². The number of benzene rings is 2. The first-order valence-corrected chi connectivity index (χ1v) is 9.08. The van der Waals surface area contributed by atoms with Crippen LogP contribution in [-0.2, 0) is 11.2 Å². The van der Waals surface area contributed by atoms with Crippen LogP contribution in [0.2, 0.25) is 0 Å². The number of nitrogens with one attached hydrogen (secondary N) is 1. The third-order valence-corrected chi connectivity index (χ3v) is 4.71. The number of para-hydroxylation sites is 1. The molecule has 1 aliphatic heterocycles. The number of hydrogen-bond donors (Lipinski definition) is 1. The fourth-order valence-electron chi connectivity index (χ4n) is 2.57. The molecule has 0 spiro atoms. The van der Waals surface area contributed by atoms with Gasteiger partial charge in [0, 0.05) is 0 Å². The second kappa shape index (κ2) is 7.99. The summed E-state index contributed by atoms with van der Waals surface area (Å²) >= 11 is 1.38. The monoisotopic (exact) mass is 348 g/mol. The van der Waals surface area contributed by atoms with E-state index < -0.39 is 0 Å². The Hall–Kier alpha value is -2.59. The van der Waals surface area contributed by atoms with E-state index in [0.717, 1.165) is 23.2 Å². The lowest BCUT2D eigenvalue weighted by molar-refractivity contribution is -0.115. The van der Waals surface area contributed by atoms with Crippen molar-refractivity contribution in [1.29, 1.82) is 0 Å². The second-order valence-electron chi connectivity index (χ2n) is 5.76. The topological polar surface area (TPSA) is 41.5 Å². The molecule has 3 nitrogen and oxygen atoms in total. The van der Waals surface area contributed by atoms with Crippen LogP contribution in [0.1, 0.15) is 25.0 Å². The maximum absolute atomic E-state index is 12.2. The molecule has 3 rings (SSSR count). The Balaban J connectivity index is 1.80. The quantitative estimate of drug-likeness (QED) is 0.782. The third kappa shape index (κ3) is 4.48. The van der Waals surface area contributed by atoms with Crippen LogP contribution < -0.4 is 5.32 Å². The van der Waals surface area contributed by atoms with Gasteiger partial charge in [0.2, 0.25) is 0 Å². The lowest BCUT2D eigenvalue weighted by Crippen LogP contribution is -2.19. The van der Waals surface area contributed by atoms with Gasteiger partial charge in [-0.1, -0.05) is 61.5 Å². The van der Waals surface area contributed by atoms with Gasteiger partial charge in [-0.05, 0) is 53.9 Å². The number of thioether (sulfide) groups is 1. The van der Waals surface area contributed by atoms with Crippen LogP contribution in [0.25, 0.3) is 6.08 Å². The smallest absolute Gasteiger partial charge is 0.264 e. The molecule has 0 radical (unpaired) electrons. The molecular weight excluding hydrogens is 328 g/mol. The second-order valence-corrected chi connectivity index (χ2v) is 6.79. The summed E-state index contributed by atoms with van der Waals surface area (Å²) in [6.45, 7) is 4.10. The van der Waals surface area contributed by atoms with E-state index in [1.165, 1.54) is 17.3 Å². The van der Waals surface area contributed by atoms with Crippen LogP contribution >= 0.6 is 11.8 Å². The minimum atomic E-state index is -0.0986. The van der Waals surface area contributed by atoms with Gasteiger partial charge in [0.15, 0.2) is 5.17 Å². The fourth-order valence-corrected chi connectivity index (χ4v) is 3.45. The number of carbonyl (C=O) groups excluding carboxylic acids is 1. The van der Waals surface area contributed by atoms with Crippen LogP contribution in [-0.4, -0.2) is 11.1 Å². The summed E-state index contributed by atoms with van der Waals surface area (Å²) in [6.07, 6.45) is 4.87. The maximum atomic E-state index is 12.2. The van der Waals surface area contributed by atoms with Crippen LogP contribution in [0.4, 0.5) is 5.69 Å². The van der Waals surface area contributed by atoms with Gasteiger partial charge in [-0.3, -0.25) is 4.79 Å². The Labute approximate surface area is 152 Å². The molecule has 0 atom stereocenters. The van der Waals surface area contributed by atoms with Gasteiger partial charge in [0.1, 0.15) is 0 Å². The minimum absolute atomic E-state index is 0.0986. The molecule has 1 aliphatic rings. The van der Waals surface area contributed by atoms with Gasteiger partial charge in [0.25, 0.3) is 5.91 Å². The van der Waals surface area contributed by atoms with Gasteiger partial charge >= 0.3 is 0 Å². The molecule has 1 heterocycles. The Kier molecular flexibility index (Phi) is 5.51. The van der Waals surface area contributed by atoms with E-state index >= 15 is 0 Å². The summed E-state index contributed by atoms with van der Waals surface area (Å²) < 4.78 is 0. The van der Waals surface area contributed by atoms with Gasteiger partial charge in [0.05, 0.1) is 10.6 Å². The highest BCUT2D eigenvalue weighted by Gasteiger charge is 2.23. The fraction of sp³-hybridized carbons (Fsp3) is 0.143. The van der Waals surface area contributed by atoms with Crippen molar-refractivity contribution in [3.63, 3.8) is 0 Å². The van der Waals surface area contributed by atoms with Gasteiger partial charge < -0.3 is 5.32 Å². The molecule has 2 aromatic rings. The molecule has 0 saturated carbocycles. The summed E-state index contributed by atoms with van der Waals surface area (Å²) in [4.78, 5) is 17.5. The zero-order valence-electron chi connectivity index (χ0n) is 14.3. The average molecular weight is 348 g/mol. The first-order valence-electron chi connectivity index (χ1n) is 8.26. The van der Waals surface area contributed by atoms with Crippen molar-refractivity contribution >= 4 is 34.6 Å². The maximum Gasteiger partial charge on any atom is 0.264 e. The highest BCUT2D eigenvalue weighted by Crippen LogP contribution is 2.29. The van der Waals surface area contributed by atoms with Crippen LogP contribution in [0.5, 0.6) is 0 Å². The lowest BCUT2D eigenvalue weighted by Gasteiger charge is -2.02. The van der Waals surface area contributed by atoms with Crippen molar-refractivity contribution in [2.75, 3.05) is 0 Å². The van der Waals surface area contributed by atoms with Crippen molar-refractivity contribution in [2.24, 2.45) is 4.99 Å². The predicted molar refractivity (Wildman–Crippen MR) is 107 cm³/mol. The Morgan fingerprint density at radius 1 is 1.12 bits per heavy atom. The molecular formula is C21H20N2OS. The molecule has 25 heavy (non-hydrogen) atoms. The molecule has 1 fully saturated rings. The van der Waals surface area contributed by atoms with Crippen molar-refractivity contribution in [2.45, 2.75) is 20.3 Å². The predicted octanol–water partition coefficient (Wildman–Crippen LogP) is 5.09. The molecule has 126 valence electrons. The number of carbonyl (C=O) groups is 1. The number of aliphatic imine (C=N–C) groups is 1. The zero-order chi connectivity index (χ0) is 17.6. The zero-order valence-corrected chi connectivity index (χ0v) is 15.1. The van der Waals surface area contributed by atoms with Crippen molar-refractivity contribution in [1.82, 2.24) is 5.32 Å². The average Bonchev–Trinajstić information content (AvgIpc) is 2.95. The first kappa shape index (κ1) is 17.2. The number of rotatable bonds is 4. The Morgan fingerprint density at radius 2 is 1.84 bits per heavy atom. The summed E-state index contributed by atoms with van der Waals surface area (Å²) in [5.41, 5.74) is 4.22. The number of aryl methyl sites for hydroxylation is 1. The Morgan fingerprint density at radius 3 is 2.60 bits per heavy atom. The molecule has 0 unspecified atom stereocenters. The normalized spacial score (nSPS) is 18.0. The van der Waals surface area contributed by atoms with E-state index in [1.807, 2.05) is 61.5 Å². The summed E-state index contributed by atoms with van der Waals surface area (Å²) in [6, 6.07) is 18.1. The van der Waals surface area contributed by atoms with Crippen LogP contribution in [0, 0.1) is 0 Å². The van der Waals surface area contributed by atoms with E-state index in [-0.39, 0.29) is 5.91 Å². The molecule has 0 aliphatic carbocycles. The standard InChI is InChI=1S/C21H20N2OS/c1-3-17-11-7-8-12-18(17)22-21-23-20(24)19(25-21)14-15(2)13-16-9-5-4-6-10-16/h4-14H,3H2,1-2H3,(H,22,23,24). The van der Waals surface area contributed by atoms with Crippen molar-refractivity contribution in [3.8, 4) is 0 Å². The molecule has 1 amide bonds. The summed E-state index contributed by atoms with van der Waals surface area (Å²) in [7, 11) is 0. The van der Waals surface area contributed by atoms with E-state index in [4.69, 9.17) is 0 Å².